The summed E-state index contributed by atoms with van der Waals surface area (Å²) >= 11 is 0. The van der Waals surface area contributed by atoms with Gasteiger partial charge in [-0.1, -0.05) is 24.3 Å². The molecule has 0 radical (unpaired) electrons. The van der Waals surface area contributed by atoms with Gasteiger partial charge in [0.15, 0.2) is 5.78 Å². The second kappa shape index (κ2) is 8.29. The summed E-state index contributed by atoms with van der Waals surface area (Å²) in [6, 6.07) is 7.40. The second-order valence-corrected chi connectivity index (χ2v) is 4.03. The predicted octanol–water partition coefficient (Wildman–Crippen LogP) is 4.18. The van der Waals surface area contributed by atoms with E-state index in [1.165, 1.54) is 0 Å². The molecule has 0 aliphatic heterocycles. The molecule has 0 spiro atoms. The second-order valence-electron chi connectivity index (χ2n) is 4.03. The van der Waals surface area contributed by atoms with Crippen molar-refractivity contribution in [2.75, 3.05) is 6.61 Å². The third kappa shape index (κ3) is 4.58. The number of ether oxygens (including phenoxy) is 1. The van der Waals surface area contributed by atoms with Crippen LogP contribution in [0.15, 0.2) is 49.6 Å². The van der Waals surface area contributed by atoms with Crippen molar-refractivity contribution >= 4 is 5.78 Å². The standard InChI is InChI=1S/C16H20O2/c1-3-5-7-11-15(17)14-10-8-9-12-16(14)18-13-6-4-2/h3-4,8-10,12H,1-2,5-7,11,13H2. The lowest BCUT2D eigenvalue weighted by molar-refractivity contribution is 0.0976. The molecule has 0 aliphatic rings. The number of carbonyl (C=O) groups excluding carboxylic acids is 1. The molecule has 2 heteroatoms. The first-order valence-electron chi connectivity index (χ1n) is 6.26. The van der Waals surface area contributed by atoms with Crippen LogP contribution in [0.5, 0.6) is 5.75 Å². The molecule has 0 aromatic heterocycles. The Bertz CT molecular complexity index is 407. The van der Waals surface area contributed by atoms with Crippen LogP contribution in [0.3, 0.4) is 0 Å². The Morgan fingerprint density at radius 3 is 2.61 bits per heavy atom. The number of hydrogen-bond acceptors (Lipinski definition) is 2. The highest BCUT2D eigenvalue weighted by Crippen LogP contribution is 2.20. The van der Waals surface area contributed by atoms with Crippen molar-refractivity contribution in [2.45, 2.75) is 25.7 Å². The van der Waals surface area contributed by atoms with Gasteiger partial charge in [-0.15, -0.1) is 13.2 Å². The summed E-state index contributed by atoms with van der Waals surface area (Å²) in [7, 11) is 0. The van der Waals surface area contributed by atoms with E-state index in [-0.39, 0.29) is 5.78 Å². The summed E-state index contributed by atoms with van der Waals surface area (Å²) in [6.07, 6.45) is 6.65. The summed E-state index contributed by atoms with van der Waals surface area (Å²) in [5, 5.41) is 0. The van der Waals surface area contributed by atoms with Crippen molar-refractivity contribution in [1.82, 2.24) is 0 Å². The Labute approximate surface area is 109 Å². The lowest BCUT2D eigenvalue weighted by atomic mass is 10.0. The third-order valence-corrected chi connectivity index (χ3v) is 2.58. The summed E-state index contributed by atoms with van der Waals surface area (Å²) in [5.41, 5.74) is 0.672. The lowest BCUT2D eigenvalue weighted by Gasteiger charge is -2.09. The van der Waals surface area contributed by atoms with Crippen molar-refractivity contribution in [1.29, 1.82) is 0 Å². The molecule has 18 heavy (non-hydrogen) atoms. The molecule has 2 nitrogen and oxygen atoms in total. The Morgan fingerprint density at radius 2 is 1.89 bits per heavy atom. The molecule has 0 unspecified atom stereocenters. The van der Waals surface area contributed by atoms with E-state index in [4.69, 9.17) is 4.74 Å². The molecule has 0 bridgehead atoms. The van der Waals surface area contributed by atoms with Gasteiger partial charge in [-0.05, 0) is 31.4 Å². The molecule has 1 aromatic rings. The van der Waals surface area contributed by atoms with Crippen molar-refractivity contribution in [3.8, 4) is 5.75 Å². The zero-order valence-electron chi connectivity index (χ0n) is 10.7. The number of unbranched alkanes of at least 4 members (excludes halogenated alkanes) is 1. The Morgan fingerprint density at radius 1 is 1.17 bits per heavy atom. The number of rotatable bonds is 9. The van der Waals surface area contributed by atoms with Gasteiger partial charge in [0.1, 0.15) is 5.75 Å². The monoisotopic (exact) mass is 244 g/mol. The van der Waals surface area contributed by atoms with Gasteiger partial charge < -0.3 is 4.74 Å². The molecule has 96 valence electrons. The summed E-state index contributed by atoms with van der Waals surface area (Å²) in [4.78, 5) is 12.0. The Balaban J connectivity index is 2.64. The van der Waals surface area contributed by atoms with E-state index in [1.807, 2.05) is 30.3 Å². The van der Waals surface area contributed by atoms with E-state index in [9.17, 15) is 4.79 Å². The summed E-state index contributed by atoms with van der Waals surface area (Å²) in [6.45, 7) is 7.85. The highest BCUT2D eigenvalue weighted by atomic mass is 16.5. The molecule has 0 saturated heterocycles. The SMILES string of the molecule is C=CCCCC(=O)c1ccccc1OCCC=C. The van der Waals surface area contributed by atoms with Crippen LogP contribution in [-0.2, 0) is 0 Å². The zero-order chi connectivity index (χ0) is 13.2. The number of para-hydroxylation sites is 1. The maximum Gasteiger partial charge on any atom is 0.166 e. The van der Waals surface area contributed by atoms with E-state index in [0.29, 0.717) is 24.3 Å². The van der Waals surface area contributed by atoms with Crippen molar-refractivity contribution < 1.29 is 9.53 Å². The number of allylic oxidation sites excluding steroid dienone is 1. The maximum atomic E-state index is 12.0. The summed E-state index contributed by atoms with van der Waals surface area (Å²) in [5.74, 6) is 0.800. The molecule has 0 saturated carbocycles. The predicted molar refractivity (Wildman–Crippen MR) is 75.1 cm³/mol. The van der Waals surface area contributed by atoms with Gasteiger partial charge in [-0.25, -0.2) is 0 Å². The highest BCUT2D eigenvalue weighted by Gasteiger charge is 2.11. The summed E-state index contributed by atoms with van der Waals surface area (Å²) < 4.78 is 5.59. The van der Waals surface area contributed by atoms with Crippen molar-refractivity contribution in [3.05, 3.63) is 55.1 Å². The van der Waals surface area contributed by atoms with Crippen LogP contribution in [0.25, 0.3) is 0 Å². The number of Topliss-reactive ketones (excluding diaryl/α,β-unsaturated/α-hetero) is 1. The number of ketones is 1. The fourth-order valence-electron chi connectivity index (χ4n) is 1.62. The number of benzene rings is 1. The smallest absolute Gasteiger partial charge is 0.166 e. The minimum atomic E-state index is 0.131. The molecular formula is C16H20O2. The van der Waals surface area contributed by atoms with E-state index >= 15 is 0 Å². The van der Waals surface area contributed by atoms with Crippen LogP contribution in [0.1, 0.15) is 36.0 Å². The first-order valence-corrected chi connectivity index (χ1v) is 6.26. The molecule has 0 amide bonds. The van der Waals surface area contributed by atoms with Crippen LogP contribution in [0.2, 0.25) is 0 Å². The van der Waals surface area contributed by atoms with Crippen LogP contribution in [0, 0.1) is 0 Å². The van der Waals surface area contributed by atoms with Crippen LogP contribution < -0.4 is 4.74 Å². The van der Waals surface area contributed by atoms with E-state index in [1.54, 1.807) is 6.08 Å². The molecule has 0 heterocycles. The molecule has 0 fully saturated rings. The van der Waals surface area contributed by atoms with Gasteiger partial charge >= 0.3 is 0 Å². The third-order valence-electron chi connectivity index (χ3n) is 2.58. The Hall–Kier alpha value is -1.83. The average Bonchev–Trinajstić information content (AvgIpc) is 2.40. The highest BCUT2D eigenvalue weighted by molar-refractivity contribution is 5.98. The van der Waals surface area contributed by atoms with Gasteiger partial charge in [-0.3, -0.25) is 4.79 Å². The first-order chi connectivity index (χ1) is 8.79. The normalized spacial score (nSPS) is 9.78. The lowest BCUT2D eigenvalue weighted by Crippen LogP contribution is -2.04. The van der Waals surface area contributed by atoms with E-state index in [0.717, 1.165) is 19.3 Å². The number of carbonyl (C=O) groups is 1. The van der Waals surface area contributed by atoms with Gasteiger partial charge in [0, 0.05) is 6.42 Å². The quantitative estimate of drug-likeness (QED) is 0.370. The first kappa shape index (κ1) is 14.2. The fraction of sp³-hybridized carbons (Fsp3) is 0.312. The van der Waals surface area contributed by atoms with E-state index < -0.39 is 0 Å². The molecule has 1 aromatic carbocycles. The minimum Gasteiger partial charge on any atom is -0.493 e. The van der Waals surface area contributed by atoms with Gasteiger partial charge in [0.25, 0.3) is 0 Å². The number of hydrogen-bond donors (Lipinski definition) is 0. The van der Waals surface area contributed by atoms with Crippen molar-refractivity contribution in [3.63, 3.8) is 0 Å². The van der Waals surface area contributed by atoms with Crippen LogP contribution >= 0.6 is 0 Å². The molecule has 0 atom stereocenters. The fourth-order valence-corrected chi connectivity index (χ4v) is 1.62. The topological polar surface area (TPSA) is 26.3 Å². The molecule has 1 rings (SSSR count). The minimum absolute atomic E-state index is 0.131. The van der Waals surface area contributed by atoms with E-state index in [2.05, 4.69) is 13.2 Å². The van der Waals surface area contributed by atoms with Crippen LogP contribution in [-0.4, -0.2) is 12.4 Å². The Kier molecular flexibility index (Phi) is 6.55. The van der Waals surface area contributed by atoms with Crippen LogP contribution in [0.4, 0.5) is 0 Å². The molecule has 0 N–H and O–H groups in total. The van der Waals surface area contributed by atoms with Crippen molar-refractivity contribution in [2.24, 2.45) is 0 Å². The van der Waals surface area contributed by atoms with Gasteiger partial charge in [0.2, 0.25) is 0 Å². The largest absolute Gasteiger partial charge is 0.493 e. The molecule has 0 aliphatic carbocycles. The molecular weight excluding hydrogens is 224 g/mol. The van der Waals surface area contributed by atoms with Gasteiger partial charge in [0.05, 0.1) is 12.2 Å². The maximum absolute atomic E-state index is 12.0. The zero-order valence-corrected chi connectivity index (χ0v) is 10.7. The average molecular weight is 244 g/mol. The van der Waals surface area contributed by atoms with Gasteiger partial charge in [-0.2, -0.15) is 0 Å².